The molecule has 3 aromatic heterocycles. The van der Waals surface area contributed by atoms with Gasteiger partial charge in [-0.05, 0) is 17.7 Å². The Morgan fingerprint density at radius 3 is 2.66 bits per heavy atom. The number of carbonyl (C=O) groups is 1. The molecule has 0 aliphatic carbocycles. The molecule has 0 spiro atoms. The second-order valence-corrected chi connectivity index (χ2v) is 9.01. The smallest absolute Gasteiger partial charge is 0.328 e. The Labute approximate surface area is 172 Å². The number of amides is 1. The molecule has 4 rings (SSSR count). The number of nitrogens with zero attached hydrogens (tertiary/aromatic N) is 5. The van der Waals surface area contributed by atoms with Gasteiger partial charge in [-0.25, -0.2) is 4.98 Å². The van der Waals surface area contributed by atoms with Crippen LogP contribution in [0.3, 0.4) is 0 Å². The summed E-state index contributed by atoms with van der Waals surface area (Å²) in [4.78, 5) is 17.8. The van der Waals surface area contributed by atoms with Crippen LogP contribution in [-0.2, 0) is 29.1 Å². The number of rotatable bonds is 4. The Morgan fingerprint density at radius 2 is 2.00 bits per heavy atom. The summed E-state index contributed by atoms with van der Waals surface area (Å²) in [5.74, 6) is -4.37. The average Bonchev–Trinajstić information content (AvgIpc) is 3.25. The summed E-state index contributed by atoms with van der Waals surface area (Å²) in [5.41, 5.74) is 1.34. The van der Waals surface area contributed by atoms with Crippen molar-refractivity contribution in [3.05, 3.63) is 41.4 Å². The Balaban J connectivity index is 1.68. The van der Waals surface area contributed by atoms with Crippen molar-refractivity contribution in [1.82, 2.24) is 24.2 Å². The molecular weight excluding hydrogens is 424 g/mol. The molecule has 154 valence electrons. The topological polar surface area (TPSA) is 73.0 Å². The molecule has 29 heavy (non-hydrogen) atoms. The van der Waals surface area contributed by atoms with Crippen LogP contribution in [0.2, 0.25) is 5.15 Å². The van der Waals surface area contributed by atoms with Crippen molar-refractivity contribution in [2.45, 2.75) is 12.3 Å². The first kappa shape index (κ1) is 20.0. The third kappa shape index (κ3) is 3.91. The first-order chi connectivity index (χ1) is 13.7. The lowest BCUT2D eigenvalue weighted by atomic mass is 10.1. The zero-order valence-electron chi connectivity index (χ0n) is 15.5. The van der Waals surface area contributed by atoms with Gasteiger partial charge in [0.1, 0.15) is 10.8 Å². The van der Waals surface area contributed by atoms with Gasteiger partial charge in [-0.3, -0.25) is 18.3 Å². The third-order valence-corrected chi connectivity index (χ3v) is 6.35. The van der Waals surface area contributed by atoms with E-state index in [2.05, 4.69) is 10.1 Å². The minimum atomic E-state index is -3.59. The van der Waals surface area contributed by atoms with Crippen molar-refractivity contribution in [3.63, 3.8) is 0 Å². The highest BCUT2D eigenvalue weighted by Crippen LogP contribution is 2.31. The lowest BCUT2D eigenvalue weighted by molar-refractivity contribution is -0.156. The van der Waals surface area contributed by atoms with Gasteiger partial charge >= 0.3 is 5.92 Å². The average molecular weight is 442 g/mol. The van der Waals surface area contributed by atoms with E-state index in [-0.39, 0.29) is 35.3 Å². The normalized spacial score (nSPS) is 15.9. The van der Waals surface area contributed by atoms with E-state index in [1.807, 2.05) is 0 Å². The van der Waals surface area contributed by atoms with Crippen LogP contribution in [0.1, 0.15) is 5.56 Å². The number of fused-ring (bicyclic) bond motifs is 1. The number of alkyl halides is 2. The minimum absolute atomic E-state index is 0.0790. The summed E-state index contributed by atoms with van der Waals surface area (Å²) >= 11 is 6.01. The maximum absolute atomic E-state index is 14.9. The minimum Gasteiger partial charge on any atom is -0.336 e. The Morgan fingerprint density at radius 1 is 1.28 bits per heavy atom. The SMILES string of the molecule is Cn1cc(-n2cc(CC(F)(F)C(=O)N3CCS(=O)CC3)c3ccc(Cl)nc32)cn1. The molecule has 3 aromatic rings. The van der Waals surface area contributed by atoms with Crippen LogP contribution in [0, 0.1) is 0 Å². The molecule has 7 nitrogen and oxygen atoms in total. The summed E-state index contributed by atoms with van der Waals surface area (Å²) in [7, 11) is 0.695. The van der Waals surface area contributed by atoms with Crippen molar-refractivity contribution in [2.24, 2.45) is 7.05 Å². The van der Waals surface area contributed by atoms with Crippen molar-refractivity contribution in [1.29, 1.82) is 0 Å². The van der Waals surface area contributed by atoms with Crippen LogP contribution in [0.5, 0.6) is 0 Å². The molecule has 0 bridgehead atoms. The molecule has 0 N–H and O–H groups in total. The lowest BCUT2D eigenvalue weighted by Crippen LogP contribution is -2.50. The predicted octanol–water partition coefficient (Wildman–Crippen LogP) is 2.18. The molecule has 0 unspecified atom stereocenters. The molecular formula is C18H18ClF2N5O2S. The van der Waals surface area contributed by atoms with Gasteiger partial charge in [0.15, 0.2) is 0 Å². The fourth-order valence-corrected chi connectivity index (χ4v) is 4.60. The van der Waals surface area contributed by atoms with Gasteiger partial charge in [-0.15, -0.1) is 0 Å². The van der Waals surface area contributed by atoms with Crippen LogP contribution < -0.4 is 0 Å². The summed E-state index contributed by atoms with van der Waals surface area (Å²) in [6, 6.07) is 3.15. The molecule has 0 atom stereocenters. The van der Waals surface area contributed by atoms with E-state index in [0.717, 1.165) is 4.90 Å². The summed E-state index contributed by atoms with van der Waals surface area (Å²) in [5, 5.41) is 4.83. The maximum atomic E-state index is 14.9. The first-order valence-electron chi connectivity index (χ1n) is 8.92. The van der Waals surface area contributed by atoms with Crippen LogP contribution in [0.4, 0.5) is 8.78 Å². The fraction of sp³-hybridized carbons (Fsp3) is 0.389. The van der Waals surface area contributed by atoms with Crippen LogP contribution in [-0.4, -0.2) is 64.9 Å². The Hall–Kier alpha value is -2.33. The van der Waals surface area contributed by atoms with Gasteiger partial charge in [0.05, 0.1) is 11.9 Å². The molecule has 1 saturated heterocycles. The second-order valence-electron chi connectivity index (χ2n) is 6.92. The Bertz CT molecular complexity index is 1100. The predicted molar refractivity (Wildman–Crippen MR) is 106 cm³/mol. The van der Waals surface area contributed by atoms with Gasteiger partial charge in [-0.1, -0.05) is 11.6 Å². The molecule has 0 aromatic carbocycles. The summed E-state index contributed by atoms with van der Waals surface area (Å²) in [6.45, 7) is 0.158. The highest BCUT2D eigenvalue weighted by atomic mass is 35.5. The van der Waals surface area contributed by atoms with Crippen LogP contribution in [0.15, 0.2) is 30.7 Å². The maximum Gasteiger partial charge on any atom is 0.328 e. The largest absolute Gasteiger partial charge is 0.336 e. The number of hydrogen-bond acceptors (Lipinski definition) is 4. The van der Waals surface area contributed by atoms with Crippen molar-refractivity contribution in [2.75, 3.05) is 24.6 Å². The zero-order chi connectivity index (χ0) is 20.8. The van der Waals surface area contributed by atoms with E-state index in [4.69, 9.17) is 11.6 Å². The van der Waals surface area contributed by atoms with Gasteiger partial charge in [-0.2, -0.15) is 13.9 Å². The lowest BCUT2D eigenvalue weighted by Gasteiger charge is -2.29. The van der Waals surface area contributed by atoms with Crippen molar-refractivity contribution in [3.8, 4) is 5.69 Å². The van der Waals surface area contributed by atoms with E-state index in [1.54, 1.807) is 34.8 Å². The molecule has 4 heterocycles. The first-order valence-corrected chi connectivity index (χ1v) is 10.8. The number of aryl methyl sites for hydroxylation is 1. The molecule has 0 radical (unpaired) electrons. The van der Waals surface area contributed by atoms with E-state index < -0.39 is 29.1 Å². The van der Waals surface area contributed by atoms with E-state index in [9.17, 15) is 17.8 Å². The van der Waals surface area contributed by atoms with E-state index in [1.165, 1.54) is 12.3 Å². The van der Waals surface area contributed by atoms with Gasteiger partial charge in [0.2, 0.25) is 0 Å². The fourth-order valence-electron chi connectivity index (χ4n) is 3.40. The number of pyridine rings is 1. The number of halogens is 3. The summed E-state index contributed by atoms with van der Waals surface area (Å²) in [6.07, 6.45) is 4.09. The zero-order valence-corrected chi connectivity index (χ0v) is 17.1. The standard InChI is InChI=1S/C18H18ClF2N5O2S/c1-24-11-13(9-22-24)26-10-12(14-2-3-15(19)23-16(14)26)8-18(20,21)17(27)25-4-6-29(28)7-5-25/h2-3,9-11H,4-8H2,1H3. The highest BCUT2D eigenvalue weighted by Gasteiger charge is 2.43. The number of hydrogen-bond donors (Lipinski definition) is 0. The second kappa shape index (κ2) is 7.49. The number of aromatic nitrogens is 4. The Kier molecular flexibility index (Phi) is 5.16. The van der Waals surface area contributed by atoms with Crippen LogP contribution in [0.25, 0.3) is 16.7 Å². The molecule has 1 aliphatic heterocycles. The van der Waals surface area contributed by atoms with E-state index >= 15 is 0 Å². The molecule has 11 heteroatoms. The van der Waals surface area contributed by atoms with Gasteiger partial charge in [0.25, 0.3) is 5.91 Å². The molecule has 1 aliphatic rings. The van der Waals surface area contributed by atoms with E-state index in [0.29, 0.717) is 16.7 Å². The van der Waals surface area contributed by atoms with Crippen LogP contribution >= 0.6 is 11.6 Å². The third-order valence-electron chi connectivity index (χ3n) is 4.86. The number of carbonyl (C=O) groups excluding carboxylic acids is 1. The molecule has 0 saturated carbocycles. The molecule has 1 fully saturated rings. The van der Waals surface area contributed by atoms with Crippen molar-refractivity contribution >= 4 is 39.3 Å². The monoisotopic (exact) mass is 441 g/mol. The van der Waals surface area contributed by atoms with Gasteiger partial charge in [0, 0.05) is 66.6 Å². The van der Waals surface area contributed by atoms with Gasteiger partial charge < -0.3 is 4.90 Å². The summed E-state index contributed by atoms with van der Waals surface area (Å²) < 4.78 is 44.4. The highest BCUT2D eigenvalue weighted by molar-refractivity contribution is 7.85. The van der Waals surface area contributed by atoms with Crippen molar-refractivity contribution < 1.29 is 17.8 Å². The quantitative estimate of drug-likeness (QED) is 0.582. The molecule has 1 amide bonds.